The molecule has 3 rings (SSSR count). The molecule has 0 aromatic heterocycles. The molecular formula is C13H16BrN3O3. The number of carbonyl (C=O) groups excluding carboxylic acids is 1. The Morgan fingerprint density at radius 1 is 1.35 bits per heavy atom. The van der Waals surface area contributed by atoms with Crippen molar-refractivity contribution in [1.29, 1.82) is 0 Å². The fourth-order valence-corrected chi connectivity index (χ4v) is 3.38. The number of fused-ring (bicyclic) bond motifs is 1. The minimum absolute atomic E-state index is 0.0759. The van der Waals surface area contributed by atoms with Crippen molar-refractivity contribution >= 4 is 33.2 Å². The first-order valence-electron chi connectivity index (χ1n) is 6.44. The number of aliphatic hydroxyl groups excluding tert-OH is 2. The van der Waals surface area contributed by atoms with E-state index in [-0.39, 0.29) is 11.9 Å². The van der Waals surface area contributed by atoms with Crippen LogP contribution in [0.25, 0.3) is 0 Å². The molecule has 2 aliphatic heterocycles. The number of amides is 1. The highest BCUT2D eigenvalue weighted by Crippen LogP contribution is 2.39. The normalized spacial score (nSPS) is 28.7. The van der Waals surface area contributed by atoms with Gasteiger partial charge in [-0.05, 0) is 35.1 Å². The lowest BCUT2D eigenvalue weighted by molar-refractivity contribution is -0.117. The molecule has 1 amide bonds. The van der Waals surface area contributed by atoms with Crippen LogP contribution in [0.2, 0.25) is 0 Å². The zero-order chi connectivity index (χ0) is 14.4. The minimum Gasteiger partial charge on any atom is -0.389 e. The predicted octanol–water partition coefficient (Wildman–Crippen LogP) is 0.203. The Morgan fingerprint density at radius 2 is 2.00 bits per heavy atom. The highest BCUT2D eigenvalue weighted by atomic mass is 79.9. The summed E-state index contributed by atoms with van der Waals surface area (Å²) in [5.74, 6) is -0.0759. The van der Waals surface area contributed by atoms with Gasteiger partial charge in [-0.3, -0.25) is 4.79 Å². The molecule has 4 N–H and O–H groups in total. The van der Waals surface area contributed by atoms with Gasteiger partial charge < -0.3 is 25.7 Å². The summed E-state index contributed by atoms with van der Waals surface area (Å²) in [6.07, 6.45) is -1.48. The second-order valence-corrected chi connectivity index (χ2v) is 6.00. The second-order valence-electron chi connectivity index (χ2n) is 5.14. The van der Waals surface area contributed by atoms with Crippen molar-refractivity contribution in [2.75, 3.05) is 30.4 Å². The third-order valence-corrected chi connectivity index (χ3v) is 4.47. The zero-order valence-corrected chi connectivity index (χ0v) is 12.5. The van der Waals surface area contributed by atoms with Gasteiger partial charge in [-0.25, -0.2) is 0 Å². The molecule has 1 fully saturated rings. The molecule has 20 heavy (non-hydrogen) atoms. The van der Waals surface area contributed by atoms with E-state index in [0.717, 1.165) is 21.4 Å². The number of rotatable bonds is 2. The first kappa shape index (κ1) is 13.8. The maximum atomic E-state index is 11.8. The van der Waals surface area contributed by atoms with Crippen LogP contribution < -0.4 is 15.5 Å². The number of carbonyl (C=O) groups is 1. The molecule has 7 heteroatoms. The first-order valence-corrected chi connectivity index (χ1v) is 7.23. The molecule has 0 aliphatic carbocycles. The average molecular weight is 342 g/mol. The fourth-order valence-electron chi connectivity index (χ4n) is 2.77. The summed E-state index contributed by atoms with van der Waals surface area (Å²) in [7, 11) is 1.74. The van der Waals surface area contributed by atoms with Crippen molar-refractivity contribution in [2.24, 2.45) is 0 Å². The summed E-state index contributed by atoms with van der Waals surface area (Å²) in [5, 5.41) is 25.1. The number of nitrogens with one attached hydrogen (secondary N) is 2. The largest absolute Gasteiger partial charge is 0.389 e. The number of hydrogen-bond donors (Lipinski definition) is 4. The van der Waals surface area contributed by atoms with Crippen molar-refractivity contribution in [2.45, 2.75) is 18.2 Å². The Bertz CT molecular complexity index is 556. The summed E-state index contributed by atoms with van der Waals surface area (Å²) >= 11 is 3.50. The van der Waals surface area contributed by atoms with Crippen molar-refractivity contribution in [3.8, 4) is 0 Å². The van der Waals surface area contributed by atoms with Crippen molar-refractivity contribution < 1.29 is 15.0 Å². The van der Waals surface area contributed by atoms with Crippen LogP contribution in [-0.4, -0.2) is 48.5 Å². The van der Waals surface area contributed by atoms with Gasteiger partial charge in [-0.1, -0.05) is 0 Å². The van der Waals surface area contributed by atoms with Gasteiger partial charge in [0.25, 0.3) is 0 Å². The van der Waals surface area contributed by atoms with E-state index in [1.54, 1.807) is 7.05 Å². The van der Waals surface area contributed by atoms with E-state index in [4.69, 9.17) is 0 Å². The highest BCUT2D eigenvalue weighted by Gasteiger charge is 2.34. The molecule has 0 spiro atoms. The molecule has 2 aliphatic rings. The first-order chi connectivity index (χ1) is 9.51. The topological polar surface area (TPSA) is 84.8 Å². The summed E-state index contributed by atoms with van der Waals surface area (Å²) < 4.78 is 0.842. The Balaban J connectivity index is 1.96. The molecule has 1 aromatic carbocycles. The predicted molar refractivity (Wildman–Crippen MR) is 78.8 cm³/mol. The highest BCUT2D eigenvalue weighted by molar-refractivity contribution is 9.10. The van der Waals surface area contributed by atoms with Crippen LogP contribution in [0.5, 0.6) is 0 Å². The van der Waals surface area contributed by atoms with E-state index >= 15 is 0 Å². The maximum absolute atomic E-state index is 11.8. The van der Waals surface area contributed by atoms with E-state index in [1.165, 1.54) is 0 Å². The number of halogens is 1. The van der Waals surface area contributed by atoms with Crippen LogP contribution >= 0.6 is 15.9 Å². The lowest BCUT2D eigenvalue weighted by Gasteiger charge is -2.20. The van der Waals surface area contributed by atoms with Gasteiger partial charge in [0.15, 0.2) is 0 Å². The Kier molecular flexibility index (Phi) is 3.45. The number of anilines is 2. The smallest absolute Gasteiger partial charge is 0.246 e. The number of likely N-dealkylation sites (N-methyl/N-ethyl adjacent to an activating group) is 1. The molecule has 0 radical (unpaired) electrons. The number of aliphatic hydroxyl groups is 2. The van der Waals surface area contributed by atoms with Crippen LogP contribution in [-0.2, 0) is 4.79 Å². The Hall–Kier alpha value is -1.15. The monoisotopic (exact) mass is 341 g/mol. The maximum Gasteiger partial charge on any atom is 0.246 e. The van der Waals surface area contributed by atoms with Gasteiger partial charge in [-0.15, -0.1) is 0 Å². The summed E-state index contributed by atoms with van der Waals surface area (Å²) in [6.45, 7) is 0.754. The van der Waals surface area contributed by atoms with Gasteiger partial charge in [0.1, 0.15) is 6.04 Å². The van der Waals surface area contributed by atoms with E-state index in [2.05, 4.69) is 26.6 Å². The van der Waals surface area contributed by atoms with Crippen LogP contribution in [0.15, 0.2) is 16.6 Å². The van der Waals surface area contributed by atoms with Gasteiger partial charge in [0.05, 0.1) is 17.9 Å². The van der Waals surface area contributed by atoms with E-state index < -0.39 is 12.2 Å². The molecule has 6 nitrogen and oxygen atoms in total. The standard InChI is InChI=1S/C13H16BrN3O3/c1-15-12-6-2-7(14)9(3-8(6)16-13(12)20)17-4-10(18)11(19)5-17/h2-3,10-12,15,18-19H,4-5H2,1H3,(H,16,20). The third-order valence-electron chi connectivity index (χ3n) is 3.84. The second kappa shape index (κ2) is 5.00. The minimum atomic E-state index is -0.741. The van der Waals surface area contributed by atoms with Gasteiger partial charge in [0, 0.05) is 28.8 Å². The number of benzene rings is 1. The number of β-amino-alcohol motifs (C(OH)–C–C–N with tert-alkyl or cyclic N) is 2. The lowest BCUT2D eigenvalue weighted by atomic mass is 10.1. The average Bonchev–Trinajstić information content (AvgIpc) is 2.88. The molecular weight excluding hydrogens is 326 g/mol. The fraction of sp³-hybridized carbons (Fsp3) is 0.462. The van der Waals surface area contributed by atoms with Crippen LogP contribution in [0.4, 0.5) is 11.4 Å². The molecule has 3 unspecified atom stereocenters. The van der Waals surface area contributed by atoms with Gasteiger partial charge in [0.2, 0.25) is 5.91 Å². The molecule has 0 bridgehead atoms. The Labute approximate surface area is 124 Å². The van der Waals surface area contributed by atoms with Crippen molar-refractivity contribution in [1.82, 2.24) is 5.32 Å². The summed E-state index contributed by atoms with van der Waals surface area (Å²) in [6, 6.07) is 3.44. The molecule has 1 aromatic rings. The summed E-state index contributed by atoms with van der Waals surface area (Å²) in [4.78, 5) is 13.7. The van der Waals surface area contributed by atoms with Crippen molar-refractivity contribution in [3.05, 3.63) is 22.2 Å². The molecule has 108 valence electrons. The van der Waals surface area contributed by atoms with Crippen LogP contribution in [0.1, 0.15) is 11.6 Å². The molecule has 2 heterocycles. The molecule has 1 saturated heterocycles. The van der Waals surface area contributed by atoms with Crippen LogP contribution in [0.3, 0.4) is 0 Å². The zero-order valence-electron chi connectivity index (χ0n) is 10.9. The lowest BCUT2D eigenvalue weighted by Crippen LogP contribution is -2.23. The quantitative estimate of drug-likeness (QED) is 0.617. The molecule has 0 saturated carbocycles. The van der Waals surface area contributed by atoms with E-state index in [9.17, 15) is 15.0 Å². The summed E-state index contributed by atoms with van der Waals surface area (Å²) in [5.41, 5.74) is 2.52. The SMILES string of the molecule is CNC1C(=O)Nc2cc(N3CC(O)C(O)C3)c(Br)cc21. The third kappa shape index (κ3) is 2.10. The van der Waals surface area contributed by atoms with E-state index in [1.807, 2.05) is 17.0 Å². The van der Waals surface area contributed by atoms with Gasteiger partial charge in [-0.2, -0.15) is 0 Å². The van der Waals surface area contributed by atoms with Gasteiger partial charge >= 0.3 is 0 Å². The van der Waals surface area contributed by atoms with Crippen molar-refractivity contribution in [3.63, 3.8) is 0 Å². The van der Waals surface area contributed by atoms with Crippen LogP contribution in [0, 0.1) is 0 Å². The number of hydrogen-bond acceptors (Lipinski definition) is 5. The van der Waals surface area contributed by atoms with E-state index in [0.29, 0.717) is 13.1 Å². The Morgan fingerprint density at radius 3 is 2.60 bits per heavy atom. The number of nitrogens with zero attached hydrogens (tertiary/aromatic N) is 1. The molecule has 3 atom stereocenters.